The van der Waals surface area contributed by atoms with Gasteiger partial charge in [0.1, 0.15) is 0 Å². The van der Waals surface area contributed by atoms with E-state index < -0.39 is 8.07 Å². The van der Waals surface area contributed by atoms with Crippen LogP contribution in [0.3, 0.4) is 0 Å². The SMILES string of the molecule is CC1=C2c3cscc3C1[Si]2(C)C.CC1=Cc2c(-c3ccccc3)cccc2[CH]1[Zr]. The second kappa shape index (κ2) is 7.15. The van der Waals surface area contributed by atoms with Gasteiger partial charge in [0.15, 0.2) is 0 Å². The van der Waals surface area contributed by atoms with Crippen molar-refractivity contribution in [2.45, 2.75) is 36.1 Å². The Bertz CT molecular complexity index is 1170. The van der Waals surface area contributed by atoms with Crippen LogP contribution in [0.5, 0.6) is 0 Å². The molecule has 0 N–H and O–H groups in total. The minimum atomic E-state index is -0.976. The summed E-state index contributed by atoms with van der Waals surface area (Å²) in [4.78, 5) is 0. The van der Waals surface area contributed by atoms with E-state index in [9.17, 15) is 0 Å². The summed E-state index contributed by atoms with van der Waals surface area (Å²) in [5.74, 6) is 0. The van der Waals surface area contributed by atoms with Gasteiger partial charge in [-0.1, -0.05) is 23.9 Å². The average Bonchev–Trinajstić information content (AvgIpc) is 3.40. The first-order valence-electron chi connectivity index (χ1n) is 10.3. The van der Waals surface area contributed by atoms with Crippen LogP contribution in [0, 0.1) is 0 Å². The fraction of sp³-hybridized carbons (Fsp3) is 0.231. The zero-order valence-electron chi connectivity index (χ0n) is 17.4. The summed E-state index contributed by atoms with van der Waals surface area (Å²) in [6.07, 6.45) is 2.36. The Morgan fingerprint density at radius 2 is 1.62 bits per heavy atom. The molecule has 29 heavy (non-hydrogen) atoms. The first-order chi connectivity index (χ1) is 13.9. The Balaban J connectivity index is 0.000000132. The molecule has 3 aromatic rings. The molecule has 2 bridgehead atoms. The maximum absolute atomic E-state index is 2.50. The van der Waals surface area contributed by atoms with E-state index >= 15 is 0 Å². The summed E-state index contributed by atoms with van der Waals surface area (Å²) in [6.45, 7) is 9.58. The van der Waals surface area contributed by atoms with Crippen molar-refractivity contribution in [1.29, 1.82) is 0 Å². The van der Waals surface area contributed by atoms with E-state index in [1.807, 2.05) is 11.3 Å². The zero-order valence-corrected chi connectivity index (χ0v) is 21.7. The van der Waals surface area contributed by atoms with Crippen LogP contribution in [-0.4, -0.2) is 8.07 Å². The molecule has 4 aliphatic rings. The average molecular weight is 489 g/mol. The van der Waals surface area contributed by atoms with Gasteiger partial charge in [0.25, 0.3) is 0 Å². The van der Waals surface area contributed by atoms with Gasteiger partial charge in [-0.25, -0.2) is 0 Å². The second-order valence-electron chi connectivity index (χ2n) is 8.95. The van der Waals surface area contributed by atoms with E-state index in [1.165, 1.54) is 27.8 Å². The van der Waals surface area contributed by atoms with Gasteiger partial charge in [0.2, 0.25) is 0 Å². The predicted octanol–water partition coefficient (Wildman–Crippen LogP) is 7.78. The summed E-state index contributed by atoms with van der Waals surface area (Å²) >= 11 is 3.45. The number of thiophene rings is 1. The number of allylic oxidation sites excluding steroid dienone is 2. The Hall–Kier alpha value is -1.28. The molecule has 2 atom stereocenters. The van der Waals surface area contributed by atoms with Gasteiger partial charge in [-0.15, -0.1) is 0 Å². The molecule has 0 amide bonds. The van der Waals surface area contributed by atoms with Gasteiger partial charge in [-0.05, 0) is 28.8 Å². The van der Waals surface area contributed by atoms with Gasteiger partial charge >= 0.3 is 118 Å². The molecule has 2 aliphatic carbocycles. The molecule has 2 unspecified atom stereocenters. The van der Waals surface area contributed by atoms with E-state index in [2.05, 4.69) is 92.3 Å². The first-order valence-corrected chi connectivity index (χ1v) is 15.7. The standard InChI is InChI=1S/C16H13.C10H12SSi.Zr/c1-12-10-14-8-5-9-15(16(14)11-12)13-6-3-2-4-7-13;1-6-9-7-4-11-5-8(7)10(6)12(9,2)3;/h2-11H,1H3;4-5,9H,1-3H3;. The third-order valence-electron chi connectivity index (χ3n) is 6.83. The van der Waals surface area contributed by atoms with Crippen molar-refractivity contribution in [2.24, 2.45) is 0 Å². The molecular formula is C26H25SSiZr. The Kier molecular flexibility index (Phi) is 4.85. The zero-order chi connectivity index (χ0) is 20.3. The Morgan fingerprint density at radius 1 is 0.862 bits per heavy atom. The third-order valence-corrected chi connectivity index (χ3v) is 13.6. The number of benzene rings is 2. The summed E-state index contributed by atoms with van der Waals surface area (Å²) in [5.41, 5.74) is 13.0. The molecule has 3 heterocycles. The monoisotopic (exact) mass is 487 g/mol. The summed E-state index contributed by atoms with van der Waals surface area (Å²) in [7, 11) is -0.976. The Labute approximate surface area is 194 Å². The molecule has 2 aliphatic heterocycles. The van der Waals surface area contributed by atoms with Crippen LogP contribution in [-0.2, 0) is 24.7 Å². The fourth-order valence-corrected chi connectivity index (χ4v) is 11.9. The Morgan fingerprint density at radius 3 is 2.31 bits per heavy atom. The number of fused-ring (bicyclic) bond motifs is 1. The van der Waals surface area contributed by atoms with Gasteiger partial charge in [0, 0.05) is 5.54 Å². The number of rotatable bonds is 1. The van der Waals surface area contributed by atoms with E-state index in [1.54, 1.807) is 46.6 Å². The quantitative estimate of drug-likeness (QED) is 0.307. The van der Waals surface area contributed by atoms with Crippen LogP contribution < -0.4 is 0 Å². The normalized spacial score (nSPS) is 22.2. The van der Waals surface area contributed by atoms with Crippen LogP contribution >= 0.6 is 11.3 Å². The maximum atomic E-state index is 2.50. The fourth-order valence-electron chi connectivity index (χ4n) is 5.60. The summed E-state index contributed by atoms with van der Waals surface area (Å²) in [5, 5.41) is 6.47. The molecule has 0 saturated carbocycles. The van der Waals surface area contributed by atoms with Crippen molar-refractivity contribution < 1.29 is 24.7 Å². The number of hydrogen-bond acceptors (Lipinski definition) is 1. The van der Waals surface area contributed by atoms with E-state index in [0.29, 0.717) is 3.63 Å². The minimum absolute atomic E-state index is 0.654. The van der Waals surface area contributed by atoms with Gasteiger partial charge < -0.3 is 0 Å². The van der Waals surface area contributed by atoms with Gasteiger partial charge in [-0.3, -0.25) is 0 Å². The van der Waals surface area contributed by atoms with Crippen molar-refractivity contribution in [3.63, 3.8) is 0 Å². The third kappa shape index (κ3) is 2.92. The van der Waals surface area contributed by atoms with E-state index in [-0.39, 0.29) is 0 Å². The molecule has 0 nitrogen and oxygen atoms in total. The van der Waals surface area contributed by atoms with Crippen molar-refractivity contribution in [3.8, 4) is 11.1 Å². The van der Waals surface area contributed by atoms with E-state index in [4.69, 9.17) is 0 Å². The molecule has 2 aromatic carbocycles. The number of hydrogen-bond donors (Lipinski definition) is 0. The van der Waals surface area contributed by atoms with Crippen molar-refractivity contribution in [2.75, 3.05) is 0 Å². The molecule has 3 heteroatoms. The molecule has 0 saturated heterocycles. The topological polar surface area (TPSA) is 0 Å². The molecular weight excluding hydrogens is 464 g/mol. The van der Waals surface area contributed by atoms with Crippen molar-refractivity contribution >= 4 is 30.7 Å². The summed E-state index contributed by atoms with van der Waals surface area (Å²) < 4.78 is 0.654. The molecule has 7 rings (SSSR count). The second-order valence-corrected chi connectivity index (χ2v) is 15.6. The molecule has 143 valence electrons. The van der Waals surface area contributed by atoms with Crippen molar-refractivity contribution in [1.82, 2.24) is 0 Å². The molecule has 0 spiro atoms. The summed E-state index contributed by atoms with van der Waals surface area (Å²) in [6, 6.07) is 17.3. The first kappa shape index (κ1) is 19.7. The van der Waals surface area contributed by atoms with Crippen LogP contribution in [0.4, 0.5) is 0 Å². The van der Waals surface area contributed by atoms with Crippen LogP contribution in [0.1, 0.15) is 45.3 Å². The van der Waals surface area contributed by atoms with Gasteiger partial charge in [0.05, 0.1) is 8.07 Å². The van der Waals surface area contributed by atoms with Crippen LogP contribution in [0.25, 0.3) is 22.4 Å². The van der Waals surface area contributed by atoms with Crippen molar-refractivity contribution in [3.05, 3.63) is 92.7 Å². The predicted molar refractivity (Wildman–Crippen MR) is 125 cm³/mol. The molecule has 1 aromatic heterocycles. The van der Waals surface area contributed by atoms with E-state index in [0.717, 1.165) is 5.54 Å². The van der Waals surface area contributed by atoms with Gasteiger partial charge in [-0.2, -0.15) is 11.3 Å². The van der Waals surface area contributed by atoms with Crippen LogP contribution in [0.2, 0.25) is 13.1 Å². The van der Waals surface area contributed by atoms with Crippen LogP contribution in [0.15, 0.2) is 70.4 Å². The molecule has 0 radical (unpaired) electrons. The molecule has 0 fully saturated rings.